The third-order valence-electron chi connectivity index (χ3n) is 1.19. The Hall–Kier alpha value is -0.330. The summed E-state index contributed by atoms with van der Waals surface area (Å²) in [6.45, 7) is 1.97. The quantitative estimate of drug-likeness (QED) is 0.563. The summed E-state index contributed by atoms with van der Waals surface area (Å²) in [6.07, 6.45) is 11.8. The molecule has 1 nitrogen and oxygen atoms in total. The van der Waals surface area contributed by atoms with Crippen LogP contribution in [0, 0.1) is 31.6 Å². The summed E-state index contributed by atoms with van der Waals surface area (Å²) in [5.41, 5.74) is 0. The Morgan fingerprint density at radius 3 is 2.50 bits per heavy atom. The van der Waals surface area contributed by atoms with E-state index in [9.17, 15) is 4.79 Å². The smallest absolute Gasteiger partial charge is 0.141 e. The van der Waals surface area contributed by atoms with Crippen molar-refractivity contribution < 1.29 is 4.79 Å². The molecule has 0 aromatic rings. The highest BCUT2D eigenvalue weighted by atomic mass is 16.1. The van der Waals surface area contributed by atoms with Gasteiger partial charge >= 0.3 is 0 Å². The third kappa shape index (κ3) is 1.83. The van der Waals surface area contributed by atoms with Crippen LogP contribution in [-0.4, -0.2) is 5.78 Å². The van der Waals surface area contributed by atoms with Crippen molar-refractivity contribution in [1.82, 2.24) is 0 Å². The van der Waals surface area contributed by atoms with Gasteiger partial charge in [-0.05, 0) is 6.42 Å². The first-order chi connectivity index (χ1) is 4.84. The van der Waals surface area contributed by atoms with E-state index < -0.39 is 0 Å². The van der Waals surface area contributed by atoms with Gasteiger partial charge < -0.3 is 0 Å². The third-order valence-corrected chi connectivity index (χ3v) is 1.19. The van der Waals surface area contributed by atoms with E-state index >= 15 is 0 Å². The average Bonchev–Trinajstić information content (AvgIpc) is 2.38. The van der Waals surface area contributed by atoms with Crippen molar-refractivity contribution in [1.29, 1.82) is 0 Å². The summed E-state index contributed by atoms with van der Waals surface area (Å²) < 4.78 is 0. The highest BCUT2D eigenvalue weighted by Gasteiger charge is 2.24. The summed E-state index contributed by atoms with van der Waals surface area (Å²) in [6, 6.07) is 0. The molecule has 0 aromatic carbocycles. The van der Waals surface area contributed by atoms with E-state index in [0.717, 1.165) is 6.42 Å². The summed E-state index contributed by atoms with van der Waals surface area (Å²) in [4.78, 5) is 11.0. The zero-order valence-corrected chi connectivity index (χ0v) is 5.82. The molecule has 0 bridgehead atoms. The van der Waals surface area contributed by atoms with E-state index in [2.05, 4.69) is 25.7 Å². The first-order valence-electron chi connectivity index (χ1n) is 3.26. The topological polar surface area (TPSA) is 17.1 Å². The van der Waals surface area contributed by atoms with E-state index in [0.29, 0.717) is 12.3 Å². The number of carbonyl (C=O) groups is 1. The molecule has 9 radical (unpaired) electrons. The maximum Gasteiger partial charge on any atom is 0.141 e. The van der Waals surface area contributed by atoms with Crippen LogP contribution in [0.25, 0.3) is 0 Å². The zero-order valence-electron chi connectivity index (χ0n) is 5.82. The van der Waals surface area contributed by atoms with Gasteiger partial charge in [-0.1, -0.05) is 6.92 Å². The summed E-state index contributed by atoms with van der Waals surface area (Å²) in [5, 5.41) is 0. The Balaban J connectivity index is 2.25. The number of ketones is 1. The van der Waals surface area contributed by atoms with Gasteiger partial charge in [-0.25, -0.2) is 0 Å². The number of carbonyl (C=O) groups excluding carboxylic acids is 1. The highest BCUT2D eigenvalue weighted by molar-refractivity contribution is 5.97. The van der Waals surface area contributed by atoms with E-state index in [1.54, 1.807) is 0 Å². The fourth-order valence-electron chi connectivity index (χ4n) is 0.710. The molecule has 0 heterocycles. The molecule has 0 aromatic heterocycles. The van der Waals surface area contributed by atoms with Gasteiger partial charge in [0.25, 0.3) is 0 Å². The van der Waals surface area contributed by atoms with Gasteiger partial charge in [-0.2, -0.15) is 0 Å². The molecule has 49 valence electrons. The van der Waals surface area contributed by atoms with Crippen LogP contribution in [-0.2, 0) is 4.79 Å². The van der Waals surface area contributed by atoms with Gasteiger partial charge in [0.2, 0.25) is 0 Å². The second kappa shape index (κ2) is 3.75. The van der Waals surface area contributed by atoms with E-state index in [1.807, 2.05) is 6.92 Å². The van der Waals surface area contributed by atoms with Crippen molar-refractivity contribution in [3.63, 3.8) is 0 Å². The van der Waals surface area contributed by atoms with Gasteiger partial charge in [0, 0.05) is 32.1 Å². The first kappa shape index (κ1) is 7.77. The minimum atomic E-state index is 0.0833. The highest BCUT2D eigenvalue weighted by Crippen LogP contribution is 2.24. The van der Waals surface area contributed by atoms with E-state index in [1.165, 1.54) is 0 Å². The number of rotatable bonds is 3. The molecular formula is C9H7O. The largest absolute Gasteiger partial charge is 0.299 e. The Morgan fingerprint density at radius 2 is 2.00 bits per heavy atom. The summed E-state index contributed by atoms with van der Waals surface area (Å²) >= 11 is 0. The molecule has 0 unspecified atom stereocenters. The van der Waals surface area contributed by atoms with Crippen LogP contribution in [0.15, 0.2) is 0 Å². The molecule has 1 aliphatic rings. The second-order valence-corrected chi connectivity index (χ2v) is 2.05. The molecule has 1 fully saturated rings. The van der Waals surface area contributed by atoms with Gasteiger partial charge in [-0.15, -0.1) is 0 Å². The van der Waals surface area contributed by atoms with Crippen LogP contribution in [0.1, 0.15) is 19.8 Å². The molecule has 10 heavy (non-hydrogen) atoms. The van der Waals surface area contributed by atoms with Crippen LogP contribution in [0.4, 0.5) is 0 Å². The van der Waals surface area contributed by atoms with Gasteiger partial charge in [-0.3, -0.25) is 4.79 Å². The monoisotopic (exact) mass is 131 g/mol. The number of hydrogen-bond acceptors (Lipinski definition) is 1. The SMILES string of the molecule is CCCC(=O)[C]1[C][C][C][C]1. The summed E-state index contributed by atoms with van der Waals surface area (Å²) in [7, 11) is 0. The number of Topliss-reactive ketones (excluding diaryl/α,β-unsaturated/α-hetero) is 1. The van der Waals surface area contributed by atoms with Crippen molar-refractivity contribution in [2.45, 2.75) is 19.8 Å². The molecular weight excluding hydrogens is 124 g/mol. The minimum absolute atomic E-state index is 0.0833. The summed E-state index contributed by atoms with van der Waals surface area (Å²) in [5.74, 6) is 0.571. The Bertz CT molecular complexity index is 112. The lowest BCUT2D eigenvalue weighted by atomic mass is 9.99. The van der Waals surface area contributed by atoms with Crippen LogP contribution in [0.3, 0.4) is 0 Å². The lowest BCUT2D eigenvalue weighted by Crippen LogP contribution is -2.08. The Kier molecular flexibility index (Phi) is 2.91. The van der Waals surface area contributed by atoms with Crippen LogP contribution in [0.5, 0.6) is 0 Å². The van der Waals surface area contributed by atoms with Crippen LogP contribution >= 0.6 is 0 Å². The molecule has 0 spiro atoms. The van der Waals surface area contributed by atoms with Crippen molar-refractivity contribution in [2.24, 2.45) is 0 Å². The zero-order chi connectivity index (χ0) is 7.40. The number of hydrogen-bond donors (Lipinski definition) is 0. The van der Waals surface area contributed by atoms with E-state index in [4.69, 9.17) is 0 Å². The predicted octanol–water partition coefficient (Wildman–Crippen LogP) is 1.27. The molecule has 1 heteroatoms. The maximum absolute atomic E-state index is 11.0. The second-order valence-electron chi connectivity index (χ2n) is 2.05. The van der Waals surface area contributed by atoms with Gasteiger partial charge in [0.1, 0.15) is 5.78 Å². The van der Waals surface area contributed by atoms with Crippen LogP contribution < -0.4 is 0 Å². The predicted molar refractivity (Wildman–Crippen MR) is 36.1 cm³/mol. The standard InChI is InChI=1S/C9H7O/c1-2-5-9(10)8-6-3-4-7-8/h2,5H2,1H3. The molecule has 0 amide bonds. The van der Waals surface area contributed by atoms with Crippen molar-refractivity contribution in [3.05, 3.63) is 31.6 Å². The van der Waals surface area contributed by atoms with Gasteiger partial charge in [0.05, 0.1) is 5.92 Å². The average molecular weight is 131 g/mol. The van der Waals surface area contributed by atoms with Gasteiger partial charge in [0.15, 0.2) is 0 Å². The lowest BCUT2D eigenvalue weighted by Gasteiger charge is -2.02. The lowest BCUT2D eigenvalue weighted by molar-refractivity contribution is -0.116. The molecule has 0 aliphatic heterocycles. The van der Waals surface area contributed by atoms with Crippen molar-refractivity contribution in [2.75, 3.05) is 0 Å². The first-order valence-corrected chi connectivity index (χ1v) is 3.26. The molecule has 1 aliphatic carbocycles. The molecule has 0 N–H and O–H groups in total. The van der Waals surface area contributed by atoms with E-state index in [-0.39, 0.29) is 5.78 Å². The maximum atomic E-state index is 11.0. The minimum Gasteiger partial charge on any atom is -0.299 e. The molecule has 1 rings (SSSR count). The molecule has 1 saturated carbocycles. The molecule has 0 atom stereocenters. The fraction of sp³-hybridized carbons (Fsp3) is 0.333. The van der Waals surface area contributed by atoms with Crippen molar-refractivity contribution in [3.8, 4) is 0 Å². The fourth-order valence-corrected chi connectivity index (χ4v) is 0.710. The Labute approximate surface area is 62.8 Å². The van der Waals surface area contributed by atoms with Crippen molar-refractivity contribution >= 4 is 5.78 Å². The normalized spacial score (nSPS) is 19.7. The molecule has 0 saturated heterocycles. The Morgan fingerprint density at radius 1 is 1.40 bits per heavy atom. The van der Waals surface area contributed by atoms with Crippen LogP contribution in [0.2, 0.25) is 0 Å².